The second kappa shape index (κ2) is 9.20. The molecule has 2 aromatic carbocycles. The van der Waals surface area contributed by atoms with Crippen molar-refractivity contribution in [2.75, 3.05) is 27.9 Å². The van der Waals surface area contributed by atoms with Crippen molar-refractivity contribution in [2.24, 2.45) is 0 Å². The van der Waals surface area contributed by atoms with Gasteiger partial charge in [-0.3, -0.25) is 4.79 Å². The predicted octanol–water partition coefficient (Wildman–Crippen LogP) is 3.88. The number of ether oxygens (including phenoxy) is 4. The molecule has 0 aliphatic carbocycles. The van der Waals surface area contributed by atoms with E-state index < -0.39 is 18.4 Å². The maximum absolute atomic E-state index is 12.5. The van der Waals surface area contributed by atoms with E-state index in [9.17, 15) is 9.59 Å². The maximum Gasteiger partial charge on any atom is 0.358 e. The highest BCUT2D eigenvalue weighted by molar-refractivity contribution is 7.13. The van der Waals surface area contributed by atoms with E-state index in [1.54, 1.807) is 30.7 Å². The van der Waals surface area contributed by atoms with Crippen LogP contribution < -0.4 is 14.2 Å². The molecule has 0 spiro atoms. The normalized spacial score (nSPS) is 10.3. The summed E-state index contributed by atoms with van der Waals surface area (Å²) in [5.41, 5.74) is 1.27. The topological polar surface area (TPSA) is 84.0 Å². The Morgan fingerprint density at radius 3 is 2.28 bits per heavy atom. The average molecular weight is 413 g/mol. The number of nitrogens with zero attached hydrogens (tertiary/aromatic N) is 1. The van der Waals surface area contributed by atoms with Gasteiger partial charge in [0, 0.05) is 10.9 Å². The van der Waals surface area contributed by atoms with E-state index in [1.165, 1.54) is 25.6 Å². The van der Waals surface area contributed by atoms with Crippen LogP contribution in [0.5, 0.6) is 17.2 Å². The standard InChI is InChI=1S/C21H19NO6S/c1-25-14-6-4-13(5-7-14)20-22-17(12-29-20)21(24)28-11-18(23)16-10-15(26-2)8-9-19(16)27-3/h4-10,12H,11H2,1-3H3. The third-order valence-corrected chi connectivity index (χ3v) is 4.98. The number of carbonyl (C=O) groups is 2. The Morgan fingerprint density at radius 2 is 1.62 bits per heavy atom. The Bertz CT molecular complexity index is 1010. The molecule has 7 nitrogen and oxygen atoms in total. The quantitative estimate of drug-likeness (QED) is 0.409. The van der Waals surface area contributed by atoms with Crippen LogP contribution in [0.25, 0.3) is 10.6 Å². The van der Waals surface area contributed by atoms with Crippen molar-refractivity contribution in [1.29, 1.82) is 0 Å². The second-order valence-corrected chi connectivity index (χ2v) is 6.69. The van der Waals surface area contributed by atoms with Gasteiger partial charge in [0.05, 0.1) is 26.9 Å². The van der Waals surface area contributed by atoms with Crippen molar-refractivity contribution in [3.05, 3.63) is 59.1 Å². The molecule has 0 atom stereocenters. The minimum absolute atomic E-state index is 0.145. The Morgan fingerprint density at radius 1 is 0.931 bits per heavy atom. The highest BCUT2D eigenvalue weighted by Crippen LogP contribution is 2.27. The minimum Gasteiger partial charge on any atom is -0.497 e. The molecule has 0 amide bonds. The molecule has 1 heterocycles. The average Bonchev–Trinajstić information content (AvgIpc) is 3.27. The third kappa shape index (κ3) is 4.72. The number of methoxy groups -OCH3 is 3. The molecule has 0 unspecified atom stereocenters. The van der Waals surface area contributed by atoms with Crippen LogP contribution in [-0.2, 0) is 4.74 Å². The molecule has 0 radical (unpaired) electrons. The van der Waals surface area contributed by atoms with Crippen LogP contribution in [0.3, 0.4) is 0 Å². The number of ketones is 1. The number of thiazole rings is 1. The second-order valence-electron chi connectivity index (χ2n) is 5.83. The number of esters is 1. The number of hydrogen-bond acceptors (Lipinski definition) is 8. The van der Waals surface area contributed by atoms with Gasteiger partial charge in [-0.05, 0) is 42.5 Å². The van der Waals surface area contributed by atoms with Gasteiger partial charge < -0.3 is 18.9 Å². The highest BCUT2D eigenvalue weighted by Gasteiger charge is 2.18. The third-order valence-electron chi connectivity index (χ3n) is 4.09. The van der Waals surface area contributed by atoms with E-state index >= 15 is 0 Å². The smallest absolute Gasteiger partial charge is 0.358 e. The first-order valence-electron chi connectivity index (χ1n) is 8.58. The van der Waals surface area contributed by atoms with Crippen molar-refractivity contribution in [1.82, 2.24) is 4.98 Å². The molecule has 8 heteroatoms. The van der Waals surface area contributed by atoms with Crippen LogP contribution in [0.4, 0.5) is 0 Å². The van der Waals surface area contributed by atoms with Gasteiger partial charge in [-0.25, -0.2) is 9.78 Å². The zero-order valence-electron chi connectivity index (χ0n) is 16.1. The molecule has 3 rings (SSSR count). The molecule has 0 saturated carbocycles. The fourth-order valence-electron chi connectivity index (χ4n) is 2.55. The van der Waals surface area contributed by atoms with Gasteiger partial charge in [0.1, 0.15) is 22.3 Å². The SMILES string of the molecule is COc1ccc(-c2nc(C(=O)OCC(=O)c3cc(OC)ccc3OC)cs2)cc1. The Hall–Kier alpha value is -3.39. The van der Waals surface area contributed by atoms with Crippen LogP contribution in [0.2, 0.25) is 0 Å². The van der Waals surface area contributed by atoms with Crippen molar-refractivity contribution >= 4 is 23.1 Å². The van der Waals surface area contributed by atoms with Gasteiger partial charge in [0.2, 0.25) is 5.78 Å². The Balaban J connectivity index is 1.67. The first kappa shape index (κ1) is 20.3. The summed E-state index contributed by atoms with van der Waals surface area (Å²) >= 11 is 1.31. The number of Topliss-reactive ketones (excluding diaryl/α,β-unsaturated/α-hetero) is 1. The maximum atomic E-state index is 12.5. The summed E-state index contributed by atoms with van der Waals surface area (Å²) in [5.74, 6) is 0.541. The summed E-state index contributed by atoms with van der Waals surface area (Å²) in [6.45, 7) is -0.433. The first-order valence-corrected chi connectivity index (χ1v) is 9.46. The largest absolute Gasteiger partial charge is 0.497 e. The van der Waals surface area contributed by atoms with Gasteiger partial charge in [-0.15, -0.1) is 11.3 Å². The molecule has 0 N–H and O–H groups in total. The molecule has 0 aliphatic heterocycles. The number of aromatic nitrogens is 1. The highest BCUT2D eigenvalue weighted by atomic mass is 32.1. The van der Waals surface area contributed by atoms with Crippen LogP contribution in [0, 0.1) is 0 Å². The molecule has 29 heavy (non-hydrogen) atoms. The van der Waals surface area contributed by atoms with E-state index in [0.717, 1.165) is 11.3 Å². The van der Waals surface area contributed by atoms with E-state index in [2.05, 4.69) is 4.98 Å². The lowest BCUT2D eigenvalue weighted by atomic mass is 10.1. The lowest BCUT2D eigenvalue weighted by Crippen LogP contribution is -2.15. The molecule has 150 valence electrons. The number of hydrogen-bond donors (Lipinski definition) is 0. The van der Waals surface area contributed by atoms with E-state index in [0.29, 0.717) is 16.5 Å². The molecule has 0 saturated heterocycles. The molecular weight excluding hydrogens is 394 g/mol. The van der Waals surface area contributed by atoms with Crippen molar-refractivity contribution in [3.63, 3.8) is 0 Å². The van der Waals surface area contributed by atoms with Crippen LogP contribution in [0.1, 0.15) is 20.8 Å². The molecule has 3 aromatic rings. The zero-order chi connectivity index (χ0) is 20.8. The Kier molecular flexibility index (Phi) is 6.46. The molecule has 0 fully saturated rings. The molecule has 0 bridgehead atoms. The van der Waals surface area contributed by atoms with Crippen LogP contribution >= 0.6 is 11.3 Å². The summed E-state index contributed by atoms with van der Waals surface area (Å²) < 4.78 is 20.6. The fraction of sp³-hybridized carbons (Fsp3) is 0.190. The minimum atomic E-state index is -0.670. The predicted molar refractivity (Wildman–Crippen MR) is 108 cm³/mol. The molecule has 0 aliphatic rings. The van der Waals surface area contributed by atoms with E-state index in [-0.39, 0.29) is 11.3 Å². The van der Waals surface area contributed by atoms with Crippen LogP contribution in [0.15, 0.2) is 47.8 Å². The molecule has 1 aromatic heterocycles. The monoisotopic (exact) mass is 413 g/mol. The number of rotatable bonds is 8. The van der Waals surface area contributed by atoms with E-state index in [1.807, 2.05) is 24.3 Å². The van der Waals surface area contributed by atoms with Gasteiger partial charge in [-0.2, -0.15) is 0 Å². The first-order chi connectivity index (χ1) is 14.0. The van der Waals surface area contributed by atoms with Gasteiger partial charge in [0.25, 0.3) is 0 Å². The summed E-state index contributed by atoms with van der Waals surface area (Å²) in [6, 6.07) is 12.2. The summed E-state index contributed by atoms with van der Waals surface area (Å²) in [6.07, 6.45) is 0. The summed E-state index contributed by atoms with van der Waals surface area (Å²) in [5, 5.41) is 2.26. The van der Waals surface area contributed by atoms with Crippen molar-refractivity contribution in [2.45, 2.75) is 0 Å². The van der Waals surface area contributed by atoms with Crippen LogP contribution in [-0.4, -0.2) is 44.7 Å². The van der Waals surface area contributed by atoms with Crippen molar-refractivity contribution in [3.8, 4) is 27.8 Å². The Labute approximate surface area is 171 Å². The summed E-state index contributed by atoms with van der Waals surface area (Å²) in [4.78, 5) is 29.1. The molecular formula is C21H19NO6S. The number of benzene rings is 2. The lowest BCUT2D eigenvalue weighted by molar-refractivity contribution is 0.0469. The summed E-state index contributed by atoms with van der Waals surface area (Å²) in [7, 11) is 4.55. The fourth-order valence-corrected chi connectivity index (χ4v) is 3.34. The van der Waals surface area contributed by atoms with E-state index in [4.69, 9.17) is 18.9 Å². The lowest BCUT2D eigenvalue weighted by Gasteiger charge is -2.09. The zero-order valence-corrected chi connectivity index (χ0v) is 16.9. The van der Waals surface area contributed by atoms with Gasteiger partial charge >= 0.3 is 5.97 Å². The van der Waals surface area contributed by atoms with Gasteiger partial charge in [-0.1, -0.05) is 0 Å². The van der Waals surface area contributed by atoms with Gasteiger partial charge in [0.15, 0.2) is 12.3 Å². The number of carbonyl (C=O) groups excluding carboxylic acids is 2. The van der Waals surface area contributed by atoms with Crippen molar-refractivity contribution < 1.29 is 28.5 Å².